The van der Waals surface area contributed by atoms with Crippen LogP contribution in [0.5, 0.6) is 0 Å². The first-order chi connectivity index (χ1) is 17.8. The minimum atomic E-state index is 0.873. The fourth-order valence-electron chi connectivity index (χ4n) is 5.02. The summed E-state index contributed by atoms with van der Waals surface area (Å²) in [6.07, 6.45) is 44.6. The number of unbranched alkanes of at least 4 members (excludes halogenated alkanes) is 25. The highest BCUT2D eigenvalue weighted by Crippen LogP contribution is 2.15. The Balaban J connectivity index is 3.31. The summed E-state index contributed by atoms with van der Waals surface area (Å²) in [6.45, 7) is 7.55. The Labute approximate surface area is 229 Å². The molecule has 0 aliphatic heterocycles. The molecule has 0 fully saturated rings. The number of rotatable bonds is 30. The molecule has 1 nitrogen and oxygen atoms in total. The highest BCUT2D eigenvalue weighted by atomic mass is 16.5. The maximum Gasteiger partial charge on any atom is 0.114 e. The molecule has 0 aromatic rings. The molecule has 0 aliphatic rings. The predicted octanol–water partition coefficient (Wildman–Crippen LogP) is 13.0. The molecule has 0 radical (unpaired) electrons. The average Bonchev–Trinajstić information content (AvgIpc) is 2.89. The van der Waals surface area contributed by atoms with Crippen molar-refractivity contribution in [1.82, 2.24) is 0 Å². The van der Waals surface area contributed by atoms with Crippen LogP contribution in [-0.2, 0) is 4.74 Å². The first-order valence-corrected chi connectivity index (χ1v) is 16.8. The van der Waals surface area contributed by atoms with Crippen LogP contribution in [0.1, 0.15) is 194 Å². The summed E-state index contributed by atoms with van der Waals surface area (Å²) in [7, 11) is 0. The lowest BCUT2D eigenvalue weighted by molar-refractivity contribution is 0.216. The molecule has 0 bridgehead atoms. The van der Waals surface area contributed by atoms with Gasteiger partial charge in [-0.3, -0.25) is 0 Å². The van der Waals surface area contributed by atoms with Gasteiger partial charge in [-0.2, -0.15) is 0 Å². The maximum absolute atomic E-state index is 5.95. The van der Waals surface area contributed by atoms with Crippen molar-refractivity contribution in [2.45, 2.75) is 194 Å². The topological polar surface area (TPSA) is 9.23 Å². The Morgan fingerprint density at radius 2 is 0.778 bits per heavy atom. The molecule has 0 N–H and O–H groups in total. The van der Waals surface area contributed by atoms with Crippen LogP contribution in [0, 0.1) is 0 Å². The molecule has 0 saturated heterocycles. The van der Waals surface area contributed by atoms with Gasteiger partial charge >= 0.3 is 0 Å². The van der Waals surface area contributed by atoms with Crippen molar-refractivity contribution >= 4 is 0 Å². The summed E-state index contributed by atoms with van der Waals surface area (Å²) in [4.78, 5) is 0. The molecule has 0 saturated carbocycles. The Morgan fingerprint density at radius 1 is 0.444 bits per heavy atom. The van der Waals surface area contributed by atoms with E-state index in [-0.39, 0.29) is 0 Å². The largest absolute Gasteiger partial charge is 0.494 e. The molecule has 0 atom stereocenters. The third kappa shape index (κ3) is 29.5. The lowest BCUT2D eigenvalue weighted by Gasteiger charge is -2.07. The Kier molecular flexibility index (Phi) is 31.7. The molecular weight excluding hydrogens is 436 g/mol. The van der Waals surface area contributed by atoms with Gasteiger partial charge in [-0.25, -0.2) is 0 Å². The molecule has 0 unspecified atom stereocenters. The number of ether oxygens (including phenoxy) is 1. The van der Waals surface area contributed by atoms with Crippen molar-refractivity contribution in [3.63, 3.8) is 0 Å². The van der Waals surface area contributed by atoms with Gasteiger partial charge in [0.25, 0.3) is 0 Å². The molecular formula is C35H68O. The zero-order valence-electron chi connectivity index (χ0n) is 25.4. The minimum Gasteiger partial charge on any atom is -0.494 e. The van der Waals surface area contributed by atoms with E-state index < -0.39 is 0 Å². The lowest BCUT2D eigenvalue weighted by atomic mass is 10.0. The first-order valence-electron chi connectivity index (χ1n) is 16.8. The third-order valence-corrected chi connectivity index (χ3v) is 7.56. The summed E-state index contributed by atoms with van der Waals surface area (Å²) in [5, 5.41) is 0. The second-order valence-corrected chi connectivity index (χ2v) is 11.2. The fraction of sp³-hybridized carbons (Fsp3) is 0.886. The van der Waals surface area contributed by atoms with Gasteiger partial charge in [-0.05, 0) is 38.3 Å². The van der Waals surface area contributed by atoms with E-state index in [9.17, 15) is 0 Å². The van der Waals surface area contributed by atoms with Crippen LogP contribution in [0.25, 0.3) is 0 Å². The quantitative estimate of drug-likeness (QED) is 0.0536. The number of hydrogen-bond donors (Lipinski definition) is 0. The highest BCUT2D eigenvalue weighted by molar-refractivity contribution is 5.10. The van der Waals surface area contributed by atoms with Crippen LogP contribution in [-0.4, -0.2) is 6.61 Å². The smallest absolute Gasteiger partial charge is 0.114 e. The summed E-state index contributed by atoms with van der Waals surface area (Å²) in [6, 6.07) is 0. The van der Waals surface area contributed by atoms with Gasteiger partial charge in [0.1, 0.15) is 5.76 Å². The number of allylic oxidation sites excluding steroid dienone is 3. The van der Waals surface area contributed by atoms with Gasteiger partial charge in [-0.1, -0.05) is 174 Å². The molecule has 1 heteroatoms. The van der Waals surface area contributed by atoms with Crippen LogP contribution >= 0.6 is 0 Å². The van der Waals surface area contributed by atoms with E-state index in [1.165, 1.54) is 173 Å². The number of hydrogen-bond acceptors (Lipinski definition) is 1. The van der Waals surface area contributed by atoms with E-state index in [4.69, 9.17) is 4.74 Å². The minimum absolute atomic E-state index is 0.873. The second-order valence-electron chi connectivity index (χ2n) is 11.2. The van der Waals surface area contributed by atoms with Crippen LogP contribution in [0.3, 0.4) is 0 Å². The third-order valence-electron chi connectivity index (χ3n) is 7.56. The summed E-state index contributed by atoms with van der Waals surface area (Å²) < 4.78 is 5.95. The molecule has 36 heavy (non-hydrogen) atoms. The molecule has 0 aliphatic carbocycles. The van der Waals surface area contributed by atoms with Crippen molar-refractivity contribution < 1.29 is 4.74 Å². The zero-order chi connectivity index (χ0) is 26.2. The van der Waals surface area contributed by atoms with Crippen LogP contribution < -0.4 is 0 Å². The van der Waals surface area contributed by atoms with Gasteiger partial charge in [0.15, 0.2) is 0 Å². The van der Waals surface area contributed by atoms with E-state index in [1.807, 2.05) is 0 Å². The molecule has 214 valence electrons. The Morgan fingerprint density at radius 3 is 1.14 bits per heavy atom. The van der Waals surface area contributed by atoms with Gasteiger partial charge in [0, 0.05) is 0 Å². The Bertz CT molecular complexity index is 450. The molecule has 0 rings (SSSR count). The molecule has 0 aromatic heterocycles. The summed E-state index contributed by atoms with van der Waals surface area (Å²) in [5.41, 5.74) is 0. The van der Waals surface area contributed by atoms with Crippen LogP contribution in [0.15, 0.2) is 24.0 Å². The van der Waals surface area contributed by atoms with Crippen LogP contribution in [0.2, 0.25) is 0 Å². The van der Waals surface area contributed by atoms with Crippen molar-refractivity contribution in [1.29, 1.82) is 0 Å². The van der Waals surface area contributed by atoms with Crippen molar-refractivity contribution in [3.05, 3.63) is 24.0 Å². The predicted molar refractivity (Wildman–Crippen MR) is 165 cm³/mol. The van der Waals surface area contributed by atoms with Gasteiger partial charge in [0.05, 0.1) is 6.61 Å². The van der Waals surface area contributed by atoms with Gasteiger partial charge in [-0.15, -0.1) is 0 Å². The second kappa shape index (κ2) is 32.3. The highest BCUT2D eigenvalue weighted by Gasteiger charge is 1.96. The normalized spacial score (nSPS) is 12.1. The maximum atomic E-state index is 5.95. The van der Waals surface area contributed by atoms with E-state index in [2.05, 4.69) is 39.0 Å². The molecule has 0 amide bonds. The molecule has 0 spiro atoms. The Hall–Kier alpha value is -0.720. The monoisotopic (exact) mass is 505 g/mol. The van der Waals surface area contributed by atoms with Crippen LogP contribution in [0.4, 0.5) is 0 Å². The van der Waals surface area contributed by atoms with E-state index in [0.29, 0.717) is 0 Å². The molecule has 0 heterocycles. The van der Waals surface area contributed by atoms with E-state index in [1.54, 1.807) is 0 Å². The standard InChI is InChI=1S/C35H68O/c1-4-7-9-11-13-15-16-17-18-19-20-21-22-23-24-25-26-27-29-31-33-35(6-3)36-34-32-30-28-14-12-10-8-5-2/h6,31,33H,4-5,7-30,32,34H2,1-3H3/b33-31+,35-6-. The zero-order valence-corrected chi connectivity index (χ0v) is 25.4. The SMILES string of the molecule is C/C=C(/C=C/CCCCCCCCCCCCCCCCCCCC)OCCCCCCCCCC. The lowest BCUT2D eigenvalue weighted by Crippen LogP contribution is -1.93. The first kappa shape index (κ1) is 35.3. The average molecular weight is 505 g/mol. The van der Waals surface area contributed by atoms with Crippen molar-refractivity contribution in [2.75, 3.05) is 6.61 Å². The van der Waals surface area contributed by atoms with Gasteiger partial charge in [0.2, 0.25) is 0 Å². The fourth-order valence-corrected chi connectivity index (χ4v) is 5.02. The van der Waals surface area contributed by atoms with Crippen molar-refractivity contribution in [3.8, 4) is 0 Å². The molecule has 0 aromatic carbocycles. The van der Waals surface area contributed by atoms with E-state index >= 15 is 0 Å². The van der Waals surface area contributed by atoms with E-state index in [0.717, 1.165) is 12.4 Å². The van der Waals surface area contributed by atoms with Crippen molar-refractivity contribution in [2.24, 2.45) is 0 Å². The van der Waals surface area contributed by atoms with Gasteiger partial charge < -0.3 is 4.74 Å². The summed E-state index contributed by atoms with van der Waals surface area (Å²) >= 11 is 0. The summed E-state index contributed by atoms with van der Waals surface area (Å²) in [5.74, 6) is 1.06.